The maximum absolute atomic E-state index is 5.84. The minimum Gasteiger partial charge on any atom is -0.496 e. The molecule has 0 spiro atoms. The van der Waals surface area contributed by atoms with Gasteiger partial charge in [0.05, 0.1) is 18.9 Å². The molecular formula is C21H24N4O2. The minimum atomic E-state index is 0.0939. The van der Waals surface area contributed by atoms with Crippen LogP contribution < -0.4 is 20.1 Å². The van der Waals surface area contributed by atoms with Crippen molar-refractivity contribution in [3.8, 4) is 11.5 Å². The Morgan fingerprint density at radius 1 is 0.963 bits per heavy atom. The standard InChI is InChI=1S/C21H24N4O2/c1-15(2)27-19-11-7-5-9-17(19)24-20-12-13-22-21(25-20)23-14-16-8-4-6-10-18(16)26-3/h4-13,15H,14H2,1-3H3,(H2,22,23,24,25). The van der Waals surface area contributed by atoms with Gasteiger partial charge in [-0.25, -0.2) is 4.98 Å². The molecule has 0 radical (unpaired) electrons. The normalized spacial score (nSPS) is 10.5. The molecule has 3 aromatic rings. The average Bonchev–Trinajstić information content (AvgIpc) is 2.68. The quantitative estimate of drug-likeness (QED) is 0.607. The van der Waals surface area contributed by atoms with Gasteiger partial charge in [0.1, 0.15) is 17.3 Å². The maximum Gasteiger partial charge on any atom is 0.224 e. The Morgan fingerprint density at radius 3 is 2.48 bits per heavy atom. The molecule has 0 unspecified atom stereocenters. The first-order valence-electron chi connectivity index (χ1n) is 8.87. The Balaban J connectivity index is 1.71. The highest BCUT2D eigenvalue weighted by molar-refractivity contribution is 5.64. The third-order valence-electron chi connectivity index (χ3n) is 3.80. The molecule has 2 N–H and O–H groups in total. The summed E-state index contributed by atoms with van der Waals surface area (Å²) >= 11 is 0. The highest BCUT2D eigenvalue weighted by atomic mass is 16.5. The number of ether oxygens (including phenoxy) is 2. The molecule has 0 fully saturated rings. The van der Waals surface area contributed by atoms with Gasteiger partial charge in [-0.3, -0.25) is 0 Å². The first-order valence-corrected chi connectivity index (χ1v) is 8.87. The van der Waals surface area contributed by atoms with Crippen LogP contribution in [0.1, 0.15) is 19.4 Å². The van der Waals surface area contributed by atoms with Gasteiger partial charge in [-0.1, -0.05) is 30.3 Å². The lowest BCUT2D eigenvalue weighted by Gasteiger charge is -2.15. The molecule has 3 rings (SSSR count). The van der Waals surface area contributed by atoms with Crippen molar-refractivity contribution in [2.24, 2.45) is 0 Å². The van der Waals surface area contributed by atoms with Crippen LogP contribution in [0.4, 0.5) is 17.5 Å². The van der Waals surface area contributed by atoms with Crippen LogP contribution in [-0.4, -0.2) is 23.2 Å². The van der Waals surface area contributed by atoms with Gasteiger partial charge in [-0.05, 0) is 38.1 Å². The van der Waals surface area contributed by atoms with Crippen LogP contribution in [0, 0.1) is 0 Å². The Kier molecular flexibility index (Phi) is 6.10. The van der Waals surface area contributed by atoms with Crippen LogP contribution >= 0.6 is 0 Å². The van der Waals surface area contributed by atoms with E-state index in [-0.39, 0.29) is 6.10 Å². The summed E-state index contributed by atoms with van der Waals surface area (Å²) in [5.41, 5.74) is 1.90. The second kappa shape index (κ2) is 8.89. The lowest BCUT2D eigenvalue weighted by atomic mass is 10.2. The smallest absolute Gasteiger partial charge is 0.224 e. The fourth-order valence-corrected chi connectivity index (χ4v) is 2.60. The van der Waals surface area contributed by atoms with Gasteiger partial charge >= 0.3 is 0 Å². The van der Waals surface area contributed by atoms with Crippen molar-refractivity contribution in [2.45, 2.75) is 26.5 Å². The molecule has 0 aliphatic rings. The number of rotatable bonds is 8. The molecule has 0 bridgehead atoms. The molecule has 2 aromatic carbocycles. The summed E-state index contributed by atoms with van der Waals surface area (Å²) in [6, 6.07) is 17.5. The van der Waals surface area contributed by atoms with Gasteiger partial charge in [0.15, 0.2) is 0 Å². The number of benzene rings is 2. The number of nitrogens with zero attached hydrogens (tertiary/aromatic N) is 2. The highest BCUT2D eigenvalue weighted by Crippen LogP contribution is 2.27. The van der Waals surface area contributed by atoms with Crippen LogP contribution in [-0.2, 0) is 6.54 Å². The van der Waals surface area contributed by atoms with Crippen molar-refractivity contribution in [1.29, 1.82) is 0 Å². The fraction of sp³-hybridized carbons (Fsp3) is 0.238. The number of anilines is 3. The molecule has 0 saturated carbocycles. The summed E-state index contributed by atoms with van der Waals surface area (Å²) in [6.07, 6.45) is 1.81. The van der Waals surface area contributed by atoms with Gasteiger partial charge in [0.25, 0.3) is 0 Å². The summed E-state index contributed by atoms with van der Waals surface area (Å²) < 4.78 is 11.2. The van der Waals surface area contributed by atoms with Gasteiger partial charge in [0.2, 0.25) is 5.95 Å². The Morgan fingerprint density at radius 2 is 1.70 bits per heavy atom. The van der Waals surface area contributed by atoms with Gasteiger partial charge in [-0.15, -0.1) is 0 Å². The average molecular weight is 364 g/mol. The topological polar surface area (TPSA) is 68.3 Å². The predicted molar refractivity (Wildman–Crippen MR) is 108 cm³/mol. The van der Waals surface area contributed by atoms with E-state index in [2.05, 4.69) is 20.6 Å². The monoisotopic (exact) mass is 364 g/mol. The fourth-order valence-electron chi connectivity index (χ4n) is 2.60. The van der Waals surface area contributed by atoms with Crippen LogP contribution in [0.5, 0.6) is 11.5 Å². The van der Waals surface area contributed by atoms with Gasteiger partial charge < -0.3 is 20.1 Å². The molecule has 0 atom stereocenters. The van der Waals surface area contributed by atoms with Crippen molar-refractivity contribution >= 4 is 17.5 Å². The van der Waals surface area contributed by atoms with Gasteiger partial charge in [-0.2, -0.15) is 4.98 Å². The number of hydrogen-bond acceptors (Lipinski definition) is 6. The molecule has 0 saturated heterocycles. The van der Waals surface area contributed by atoms with Crippen LogP contribution in [0.3, 0.4) is 0 Å². The van der Waals surface area contributed by atoms with E-state index in [4.69, 9.17) is 9.47 Å². The molecule has 1 heterocycles. The van der Waals surface area contributed by atoms with E-state index in [0.29, 0.717) is 18.3 Å². The SMILES string of the molecule is COc1ccccc1CNc1nccc(Nc2ccccc2OC(C)C)n1. The summed E-state index contributed by atoms with van der Waals surface area (Å²) in [7, 11) is 1.66. The van der Waals surface area contributed by atoms with E-state index in [1.54, 1.807) is 13.3 Å². The predicted octanol–water partition coefficient (Wildman–Crippen LogP) is 4.63. The van der Waals surface area contributed by atoms with E-state index in [1.165, 1.54) is 0 Å². The van der Waals surface area contributed by atoms with E-state index in [9.17, 15) is 0 Å². The first kappa shape index (κ1) is 18.5. The Labute approximate surface area is 159 Å². The zero-order valence-corrected chi connectivity index (χ0v) is 15.8. The van der Waals surface area contributed by atoms with Crippen molar-refractivity contribution in [2.75, 3.05) is 17.7 Å². The zero-order valence-electron chi connectivity index (χ0n) is 15.8. The van der Waals surface area contributed by atoms with Gasteiger partial charge in [0, 0.05) is 18.3 Å². The van der Waals surface area contributed by atoms with Crippen molar-refractivity contribution in [3.05, 3.63) is 66.4 Å². The molecule has 1 aromatic heterocycles. The van der Waals surface area contributed by atoms with Crippen molar-refractivity contribution in [1.82, 2.24) is 9.97 Å². The largest absolute Gasteiger partial charge is 0.496 e. The van der Waals surface area contributed by atoms with E-state index < -0.39 is 0 Å². The second-order valence-corrected chi connectivity index (χ2v) is 6.22. The van der Waals surface area contributed by atoms with Crippen LogP contribution in [0.25, 0.3) is 0 Å². The Bertz CT molecular complexity index is 883. The molecular weight excluding hydrogens is 340 g/mol. The van der Waals surface area contributed by atoms with E-state index in [1.807, 2.05) is 68.4 Å². The number of hydrogen-bond donors (Lipinski definition) is 2. The lowest BCUT2D eigenvalue weighted by Crippen LogP contribution is -2.08. The summed E-state index contributed by atoms with van der Waals surface area (Å²) in [5, 5.41) is 6.53. The number of methoxy groups -OCH3 is 1. The minimum absolute atomic E-state index is 0.0939. The van der Waals surface area contributed by atoms with Crippen molar-refractivity contribution in [3.63, 3.8) is 0 Å². The summed E-state index contributed by atoms with van der Waals surface area (Å²) in [4.78, 5) is 8.82. The molecule has 0 aliphatic heterocycles. The first-order chi connectivity index (χ1) is 13.2. The third-order valence-corrected chi connectivity index (χ3v) is 3.80. The molecule has 140 valence electrons. The molecule has 6 heteroatoms. The summed E-state index contributed by atoms with van der Waals surface area (Å²) in [6.45, 7) is 4.57. The van der Waals surface area contributed by atoms with Crippen LogP contribution in [0.15, 0.2) is 60.8 Å². The van der Waals surface area contributed by atoms with E-state index >= 15 is 0 Å². The zero-order chi connectivity index (χ0) is 19.1. The maximum atomic E-state index is 5.84. The third kappa shape index (κ3) is 5.10. The molecule has 0 aliphatic carbocycles. The molecule has 6 nitrogen and oxygen atoms in total. The Hall–Kier alpha value is -3.28. The number of nitrogens with one attached hydrogen (secondary N) is 2. The number of aromatic nitrogens is 2. The lowest BCUT2D eigenvalue weighted by molar-refractivity contribution is 0.244. The van der Waals surface area contributed by atoms with Crippen LogP contribution in [0.2, 0.25) is 0 Å². The molecule has 27 heavy (non-hydrogen) atoms. The second-order valence-electron chi connectivity index (χ2n) is 6.22. The number of para-hydroxylation sites is 3. The van der Waals surface area contributed by atoms with Crippen molar-refractivity contribution < 1.29 is 9.47 Å². The summed E-state index contributed by atoms with van der Waals surface area (Å²) in [5.74, 6) is 2.84. The molecule has 0 amide bonds. The van der Waals surface area contributed by atoms with E-state index in [0.717, 1.165) is 22.7 Å². The highest BCUT2D eigenvalue weighted by Gasteiger charge is 2.07.